The molecule has 2 fully saturated rings. The van der Waals surface area contributed by atoms with Crippen molar-refractivity contribution in [2.75, 3.05) is 37.1 Å². The van der Waals surface area contributed by atoms with E-state index in [9.17, 15) is 9.59 Å². The molecule has 7 nitrogen and oxygen atoms in total. The summed E-state index contributed by atoms with van der Waals surface area (Å²) in [6, 6.07) is 10.8. The smallest absolute Gasteiger partial charge is 0.270 e. The predicted octanol–water partition coefficient (Wildman–Crippen LogP) is 3.90. The number of ether oxygens (including phenoxy) is 2. The van der Waals surface area contributed by atoms with Gasteiger partial charge in [0.15, 0.2) is 5.11 Å². The third-order valence-corrected chi connectivity index (χ3v) is 6.28. The number of nitrogens with one attached hydrogen (secondary N) is 1. The highest BCUT2D eigenvalue weighted by Crippen LogP contribution is 2.38. The van der Waals surface area contributed by atoms with E-state index in [4.69, 9.17) is 21.7 Å². The van der Waals surface area contributed by atoms with Crippen LogP contribution in [0.3, 0.4) is 0 Å². The first-order chi connectivity index (χ1) is 15.4. The molecule has 0 unspecified atom stereocenters. The van der Waals surface area contributed by atoms with Crippen LogP contribution in [-0.2, 0) is 9.59 Å². The van der Waals surface area contributed by atoms with Crippen molar-refractivity contribution in [3.8, 4) is 11.5 Å². The molecule has 2 aromatic carbocycles. The molecule has 0 aromatic heterocycles. The fourth-order valence-corrected chi connectivity index (χ4v) is 4.41. The zero-order chi connectivity index (χ0) is 22.8. The van der Waals surface area contributed by atoms with Crippen molar-refractivity contribution in [3.05, 3.63) is 52.0 Å². The van der Waals surface area contributed by atoms with Crippen molar-refractivity contribution in [3.63, 3.8) is 0 Å². The molecular formula is C23H22BrN3O4S. The van der Waals surface area contributed by atoms with Gasteiger partial charge in [-0.1, -0.05) is 15.9 Å². The SMILES string of the molecule is COc1cc(N2CCCC2)c(OC)cc1/C=C1\C(=O)NC(=S)N(c2ccc(Br)cc2)C1=O. The van der Waals surface area contributed by atoms with Crippen molar-refractivity contribution in [1.29, 1.82) is 0 Å². The van der Waals surface area contributed by atoms with Gasteiger partial charge in [0.25, 0.3) is 11.8 Å². The molecule has 4 rings (SSSR count). The first-order valence-electron chi connectivity index (χ1n) is 10.1. The minimum absolute atomic E-state index is 0.0356. The second-order valence-electron chi connectivity index (χ2n) is 7.39. The lowest BCUT2D eigenvalue weighted by atomic mass is 10.0. The molecule has 0 aliphatic carbocycles. The summed E-state index contributed by atoms with van der Waals surface area (Å²) in [6.07, 6.45) is 3.76. The van der Waals surface area contributed by atoms with Gasteiger partial charge in [0.1, 0.15) is 17.1 Å². The molecule has 0 atom stereocenters. The van der Waals surface area contributed by atoms with E-state index in [1.54, 1.807) is 44.6 Å². The van der Waals surface area contributed by atoms with E-state index < -0.39 is 11.8 Å². The van der Waals surface area contributed by atoms with Crippen molar-refractivity contribution >= 4 is 62.5 Å². The Balaban J connectivity index is 1.75. The molecule has 0 radical (unpaired) electrons. The lowest BCUT2D eigenvalue weighted by Gasteiger charge is -2.29. The first-order valence-corrected chi connectivity index (χ1v) is 11.3. The normalized spacial score (nSPS) is 17.7. The van der Waals surface area contributed by atoms with Crippen LogP contribution in [0.5, 0.6) is 11.5 Å². The van der Waals surface area contributed by atoms with Gasteiger partial charge < -0.3 is 14.4 Å². The van der Waals surface area contributed by atoms with Crippen LogP contribution in [0, 0.1) is 0 Å². The average Bonchev–Trinajstić information content (AvgIpc) is 3.32. The largest absolute Gasteiger partial charge is 0.496 e. The molecule has 2 aliphatic heterocycles. The third-order valence-electron chi connectivity index (χ3n) is 5.46. The highest BCUT2D eigenvalue weighted by Gasteiger charge is 2.35. The molecule has 9 heteroatoms. The van der Waals surface area contributed by atoms with E-state index in [-0.39, 0.29) is 10.7 Å². The maximum atomic E-state index is 13.3. The summed E-state index contributed by atoms with van der Waals surface area (Å²) in [7, 11) is 3.16. The van der Waals surface area contributed by atoms with Crippen LogP contribution in [0.1, 0.15) is 18.4 Å². The second-order valence-corrected chi connectivity index (χ2v) is 8.70. The van der Waals surface area contributed by atoms with Gasteiger partial charge in [0, 0.05) is 29.2 Å². The summed E-state index contributed by atoms with van der Waals surface area (Å²) in [5.74, 6) is 0.136. The van der Waals surface area contributed by atoms with Crippen LogP contribution < -0.4 is 24.6 Å². The molecule has 0 bridgehead atoms. The first kappa shape index (κ1) is 22.3. The Morgan fingerprint density at radius 2 is 1.69 bits per heavy atom. The van der Waals surface area contributed by atoms with Crippen molar-refractivity contribution in [2.24, 2.45) is 0 Å². The van der Waals surface area contributed by atoms with Crippen LogP contribution in [-0.4, -0.2) is 44.2 Å². The van der Waals surface area contributed by atoms with Crippen LogP contribution >= 0.6 is 28.1 Å². The lowest BCUT2D eigenvalue weighted by Crippen LogP contribution is -2.54. The van der Waals surface area contributed by atoms with Gasteiger partial charge in [-0.3, -0.25) is 19.8 Å². The summed E-state index contributed by atoms with van der Waals surface area (Å²) in [5, 5.41) is 2.64. The summed E-state index contributed by atoms with van der Waals surface area (Å²) in [4.78, 5) is 29.5. The number of hydrogen-bond donors (Lipinski definition) is 1. The Kier molecular flexibility index (Phi) is 6.48. The second kappa shape index (κ2) is 9.30. The Morgan fingerprint density at radius 1 is 1.03 bits per heavy atom. The summed E-state index contributed by atoms with van der Waals surface area (Å²) in [6.45, 7) is 1.89. The van der Waals surface area contributed by atoms with Gasteiger partial charge in [-0.05, 0) is 61.5 Å². The fraction of sp³-hybridized carbons (Fsp3) is 0.261. The summed E-state index contributed by atoms with van der Waals surface area (Å²) < 4.78 is 12.1. The molecule has 0 saturated carbocycles. The van der Waals surface area contributed by atoms with Gasteiger partial charge in [-0.2, -0.15) is 0 Å². The highest BCUT2D eigenvalue weighted by atomic mass is 79.9. The Bertz CT molecular complexity index is 1110. The number of halogens is 1. The van der Waals surface area contributed by atoms with Gasteiger partial charge in [0.05, 0.1) is 25.6 Å². The van der Waals surface area contributed by atoms with Crippen molar-refractivity contribution < 1.29 is 19.1 Å². The molecular weight excluding hydrogens is 494 g/mol. The summed E-state index contributed by atoms with van der Waals surface area (Å²) in [5.41, 5.74) is 2.01. The van der Waals surface area contributed by atoms with Gasteiger partial charge in [0.2, 0.25) is 0 Å². The van der Waals surface area contributed by atoms with Gasteiger partial charge >= 0.3 is 0 Å². The zero-order valence-electron chi connectivity index (χ0n) is 17.7. The lowest BCUT2D eigenvalue weighted by molar-refractivity contribution is -0.122. The van der Waals surface area contributed by atoms with E-state index in [1.807, 2.05) is 6.07 Å². The number of carbonyl (C=O) groups is 2. The van der Waals surface area contributed by atoms with Gasteiger partial charge in [-0.25, -0.2) is 0 Å². The van der Waals surface area contributed by atoms with Crippen molar-refractivity contribution in [2.45, 2.75) is 12.8 Å². The highest BCUT2D eigenvalue weighted by molar-refractivity contribution is 9.10. The molecule has 166 valence electrons. The molecule has 0 spiro atoms. The number of anilines is 2. The predicted molar refractivity (Wildman–Crippen MR) is 131 cm³/mol. The van der Waals surface area contributed by atoms with Crippen LogP contribution in [0.15, 0.2) is 46.4 Å². The van der Waals surface area contributed by atoms with E-state index in [0.717, 1.165) is 36.1 Å². The van der Waals surface area contributed by atoms with E-state index in [1.165, 1.54) is 11.0 Å². The maximum absolute atomic E-state index is 13.3. The number of thiocarbonyl (C=S) groups is 1. The Hall–Kier alpha value is -2.91. The average molecular weight is 516 g/mol. The summed E-state index contributed by atoms with van der Waals surface area (Å²) >= 11 is 8.64. The molecule has 2 aromatic rings. The standard InChI is InChI=1S/C23H22BrN3O4S/c1-30-19-13-18(26-9-3-4-10-26)20(31-2)12-14(19)11-17-21(28)25-23(32)27(22(17)29)16-7-5-15(24)6-8-16/h5-8,11-13H,3-4,9-10H2,1-2H3,(H,25,28,32)/b17-11+. The Labute approximate surface area is 200 Å². The number of rotatable bonds is 5. The molecule has 1 N–H and O–H groups in total. The number of hydrogen-bond acceptors (Lipinski definition) is 6. The van der Waals surface area contributed by atoms with E-state index >= 15 is 0 Å². The monoisotopic (exact) mass is 515 g/mol. The van der Waals surface area contributed by atoms with Crippen LogP contribution in [0.2, 0.25) is 0 Å². The zero-order valence-corrected chi connectivity index (χ0v) is 20.1. The molecule has 2 aliphatic rings. The van der Waals surface area contributed by atoms with Crippen LogP contribution in [0.4, 0.5) is 11.4 Å². The number of carbonyl (C=O) groups excluding carboxylic acids is 2. The fourth-order valence-electron chi connectivity index (χ4n) is 3.86. The Morgan fingerprint density at radius 3 is 2.31 bits per heavy atom. The minimum Gasteiger partial charge on any atom is -0.496 e. The molecule has 32 heavy (non-hydrogen) atoms. The quantitative estimate of drug-likeness (QED) is 0.370. The number of methoxy groups -OCH3 is 2. The van der Waals surface area contributed by atoms with E-state index in [2.05, 4.69) is 26.1 Å². The number of nitrogens with zero attached hydrogens (tertiary/aromatic N) is 2. The molecule has 2 saturated heterocycles. The maximum Gasteiger partial charge on any atom is 0.270 e. The van der Waals surface area contributed by atoms with Crippen LogP contribution in [0.25, 0.3) is 6.08 Å². The van der Waals surface area contributed by atoms with Crippen molar-refractivity contribution in [1.82, 2.24) is 5.32 Å². The van der Waals surface area contributed by atoms with Gasteiger partial charge in [-0.15, -0.1) is 0 Å². The van der Waals surface area contributed by atoms with E-state index in [0.29, 0.717) is 22.7 Å². The molecule has 2 amide bonds. The number of benzene rings is 2. The topological polar surface area (TPSA) is 71.1 Å². The number of amides is 2. The minimum atomic E-state index is -0.557. The third kappa shape index (κ3) is 4.22. The molecule has 2 heterocycles.